The molecule has 0 spiro atoms. The second-order valence-corrected chi connectivity index (χ2v) is 9.93. The lowest BCUT2D eigenvalue weighted by Gasteiger charge is -2.13. The first-order chi connectivity index (χ1) is 14.9. The third-order valence-electron chi connectivity index (χ3n) is 5.68. The molecule has 2 aliphatic rings. The number of hydrogen-bond donors (Lipinski definition) is 1. The van der Waals surface area contributed by atoms with Gasteiger partial charge in [0.25, 0.3) is 5.91 Å². The Balaban J connectivity index is 1.37. The molecule has 31 heavy (non-hydrogen) atoms. The Labute approximate surface area is 179 Å². The van der Waals surface area contributed by atoms with E-state index in [1.807, 2.05) is 22.9 Å². The van der Waals surface area contributed by atoms with Gasteiger partial charge >= 0.3 is 0 Å². The molecule has 0 radical (unpaired) electrons. The number of carbonyl (C=O) groups excluding carboxylic acids is 1. The van der Waals surface area contributed by atoms with Crippen LogP contribution in [0.5, 0.6) is 0 Å². The van der Waals surface area contributed by atoms with Gasteiger partial charge in [0.1, 0.15) is 10.6 Å². The van der Waals surface area contributed by atoms with Gasteiger partial charge in [-0.3, -0.25) is 4.79 Å². The number of aryl methyl sites for hydroxylation is 1. The van der Waals surface area contributed by atoms with Crippen LogP contribution < -0.4 is 5.32 Å². The number of amides is 1. The Morgan fingerprint density at radius 3 is 2.68 bits per heavy atom. The molecule has 2 aromatic heterocycles. The summed E-state index contributed by atoms with van der Waals surface area (Å²) in [6.07, 6.45) is 5.33. The number of nitrogens with zero attached hydrogens (tertiary/aromatic N) is 6. The summed E-state index contributed by atoms with van der Waals surface area (Å²) in [5.41, 5.74) is 1.66. The molecule has 10 nitrogen and oxygen atoms in total. The zero-order valence-electron chi connectivity index (χ0n) is 17.1. The average molecular weight is 442 g/mol. The lowest BCUT2D eigenvalue weighted by atomic mass is 10.2. The summed E-state index contributed by atoms with van der Waals surface area (Å²) < 4.78 is 30.4. The van der Waals surface area contributed by atoms with Crippen LogP contribution in [-0.2, 0) is 17.1 Å². The van der Waals surface area contributed by atoms with Crippen LogP contribution in [0.4, 0.5) is 5.69 Å². The lowest BCUT2D eigenvalue weighted by molar-refractivity contribution is 0.101. The van der Waals surface area contributed by atoms with Crippen molar-refractivity contribution in [3.63, 3.8) is 0 Å². The van der Waals surface area contributed by atoms with Crippen molar-refractivity contribution in [1.29, 1.82) is 0 Å². The number of anilines is 1. The Hall–Kier alpha value is -3.05. The van der Waals surface area contributed by atoms with Crippen molar-refractivity contribution in [2.45, 2.75) is 36.6 Å². The zero-order chi connectivity index (χ0) is 21.6. The van der Waals surface area contributed by atoms with E-state index in [4.69, 9.17) is 0 Å². The molecule has 3 aromatic rings. The van der Waals surface area contributed by atoms with Crippen LogP contribution >= 0.6 is 0 Å². The van der Waals surface area contributed by atoms with Crippen molar-refractivity contribution >= 4 is 21.6 Å². The van der Waals surface area contributed by atoms with Crippen LogP contribution in [-0.4, -0.2) is 56.5 Å². The Kier molecular flexibility index (Phi) is 4.86. The molecule has 162 valence electrons. The first-order valence-electron chi connectivity index (χ1n) is 10.3. The van der Waals surface area contributed by atoms with Crippen LogP contribution in [0.25, 0.3) is 11.4 Å². The molecular formula is C20H23N7O3S. The lowest BCUT2D eigenvalue weighted by Crippen LogP contribution is -2.27. The van der Waals surface area contributed by atoms with Crippen molar-refractivity contribution in [2.75, 3.05) is 18.4 Å². The van der Waals surface area contributed by atoms with Crippen molar-refractivity contribution in [3.05, 3.63) is 42.2 Å². The molecule has 0 atom stereocenters. The Morgan fingerprint density at radius 1 is 1.16 bits per heavy atom. The van der Waals surface area contributed by atoms with Crippen LogP contribution in [0.2, 0.25) is 0 Å². The fourth-order valence-electron chi connectivity index (χ4n) is 3.86. The number of hydrogen-bond acceptors (Lipinski definition) is 6. The number of rotatable bonds is 6. The number of sulfonamides is 1. The summed E-state index contributed by atoms with van der Waals surface area (Å²) in [5, 5.41) is 14.8. The SMILES string of the molecule is Cn1cc(S(=O)(=O)N2CCCC2)cc1C(=O)Nc1cccc(-c2nnnn2C2CC2)c1. The van der Waals surface area contributed by atoms with E-state index >= 15 is 0 Å². The standard InChI is InChI=1S/C20H23N7O3S/c1-25-13-17(31(29,30)26-9-2-3-10-26)12-18(25)20(28)21-15-6-4-5-14(11-15)19-22-23-24-27(19)16-7-8-16/h4-6,11-13,16H,2-3,7-10H2,1H3,(H,21,28). The molecule has 1 aliphatic heterocycles. The Morgan fingerprint density at radius 2 is 1.94 bits per heavy atom. The highest BCUT2D eigenvalue weighted by Gasteiger charge is 2.30. The first kappa shape index (κ1) is 19.9. The van der Waals surface area contributed by atoms with Crippen LogP contribution in [0, 0.1) is 0 Å². The molecule has 5 rings (SSSR count). The maximum Gasteiger partial charge on any atom is 0.272 e. The molecule has 1 amide bonds. The molecule has 2 fully saturated rings. The second kappa shape index (κ2) is 7.57. The zero-order valence-corrected chi connectivity index (χ0v) is 17.9. The van der Waals surface area contributed by atoms with Gasteiger partial charge in [0.2, 0.25) is 10.0 Å². The van der Waals surface area contributed by atoms with E-state index in [9.17, 15) is 13.2 Å². The van der Waals surface area contributed by atoms with Crippen molar-refractivity contribution < 1.29 is 13.2 Å². The predicted molar refractivity (Wildman–Crippen MR) is 113 cm³/mol. The molecule has 0 bridgehead atoms. The van der Waals surface area contributed by atoms with Crippen molar-refractivity contribution in [2.24, 2.45) is 7.05 Å². The quantitative estimate of drug-likeness (QED) is 0.626. The normalized spacial score (nSPS) is 17.2. The summed E-state index contributed by atoms with van der Waals surface area (Å²) in [7, 11) is -1.92. The van der Waals surface area contributed by atoms with Gasteiger partial charge in [0, 0.05) is 37.6 Å². The van der Waals surface area contributed by atoms with Gasteiger partial charge in [0.15, 0.2) is 5.82 Å². The van der Waals surface area contributed by atoms with Gasteiger partial charge in [0.05, 0.1) is 6.04 Å². The molecule has 1 saturated carbocycles. The van der Waals surface area contributed by atoms with Crippen LogP contribution in [0.15, 0.2) is 41.4 Å². The van der Waals surface area contributed by atoms with E-state index in [0.29, 0.717) is 30.6 Å². The summed E-state index contributed by atoms with van der Waals surface area (Å²) >= 11 is 0. The van der Waals surface area contributed by atoms with Gasteiger partial charge in [-0.05, 0) is 54.3 Å². The maximum absolute atomic E-state index is 12.9. The number of tetrazole rings is 1. The third kappa shape index (κ3) is 3.74. The molecule has 11 heteroatoms. The highest BCUT2D eigenvalue weighted by atomic mass is 32.2. The topological polar surface area (TPSA) is 115 Å². The number of nitrogens with one attached hydrogen (secondary N) is 1. The van der Waals surface area contributed by atoms with Gasteiger partial charge in [-0.15, -0.1) is 5.10 Å². The highest BCUT2D eigenvalue weighted by molar-refractivity contribution is 7.89. The minimum Gasteiger partial charge on any atom is -0.345 e. The molecule has 1 aromatic carbocycles. The second-order valence-electron chi connectivity index (χ2n) is 8.00. The van der Waals surface area contributed by atoms with E-state index < -0.39 is 10.0 Å². The fourth-order valence-corrected chi connectivity index (χ4v) is 5.45. The minimum absolute atomic E-state index is 0.138. The molecule has 0 unspecified atom stereocenters. The van der Waals surface area contributed by atoms with Crippen LogP contribution in [0.1, 0.15) is 42.2 Å². The van der Waals surface area contributed by atoms with E-state index in [0.717, 1.165) is 31.2 Å². The molecule has 3 heterocycles. The fraction of sp³-hybridized carbons (Fsp3) is 0.400. The number of benzene rings is 1. The maximum atomic E-state index is 12.9. The molecule has 1 aliphatic carbocycles. The molecule has 1 saturated heterocycles. The van der Waals surface area contributed by atoms with E-state index in [2.05, 4.69) is 20.8 Å². The van der Waals surface area contributed by atoms with E-state index in [1.165, 1.54) is 21.1 Å². The number of carbonyl (C=O) groups is 1. The molecular weight excluding hydrogens is 418 g/mol. The monoisotopic (exact) mass is 441 g/mol. The van der Waals surface area contributed by atoms with Crippen LogP contribution in [0.3, 0.4) is 0 Å². The largest absolute Gasteiger partial charge is 0.345 e. The minimum atomic E-state index is -3.58. The smallest absolute Gasteiger partial charge is 0.272 e. The van der Waals surface area contributed by atoms with Gasteiger partial charge < -0.3 is 9.88 Å². The third-order valence-corrected chi connectivity index (χ3v) is 7.54. The highest BCUT2D eigenvalue weighted by Crippen LogP contribution is 2.36. The summed E-state index contributed by atoms with van der Waals surface area (Å²) in [5.74, 6) is 0.278. The number of aromatic nitrogens is 5. The van der Waals surface area contributed by atoms with Gasteiger partial charge in [-0.1, -0.05) is 12.1 Å². The van der Waals surface area contributed by atoms with E-state index in [1.54, 1.807) is 13.1 Å². The average Bonchev–Trinajstić information content (AvgIpc) is 3.17. The summed E-state index contributed by atoms with van der Waals surface area (Å²) in [6, 6.07) is 9.07. The van der Waals surface area contributed by atoms with Gasteiger partial charge in [-0.2, -0.15) is 4.31 Å². The van der Waals surface area contributed by atoms with Crippen molar-refractivity contribution in [1.82, 2.24) is 29.1 Å². The van der Waals surface area contributed by atoms with Gasteiger partial charge in [-0.25, -0.2) is 13.1 Å². The molecule has 1 N–H and O–H groups in total. The summed E-state index contributed by atoms with van der Waals surface area (Å²) in [4.78, 5) is 13.0. The predicted octanol–water partition coefficient (Wildman–Crippen LogP) is 2.05. The Bertz CT molecular complexity index is 1240. The van der Waals surface area contributed by atoms with Crippen molar-refractivity contribution in [3.8, 4) is 11.4 Å². The summed E-state index contributed by atoms with van der Waals surface area (Å²) in [6.45, 7) is 1.04. The van der Waals surface area contributed by atoms with E-state index in [-0.39, 0.29) is 16.5 Å². The first-order valence-corrected chi connectivity index (χ1v) is 11.7.